The van der Waals surface area contributed by atoms with Crippen molar-refractivity contribution in [1.82, 2.24) is 5.32 Å². The summed E-state index contributed by atoms with van der Waals surface area (Å²) >= 11 is 3.37. The van der Waals surface area contributed by atoms with Crippen molar-refractivity contribution in [2.75, 3.05) is 11.4 Å². The molecule has 1 aliphatic rings. The predicted octanol–water partition coefficient (Wildman–Crippen LogP) is 1.82. The molecular formula is C11H11BrN2O3. The van der Waals surface area contributed by atoms with Gasteiger partial charge in [-0.1, -0.05) is 12.1 Å². The van der Waals surface area contributed by atoms with E-state index in [4.69, 9.17) is 5.11 Å². The molecule has 2 N–H and O–H groups in total. The molecule has 17 heavy (non-hydrogen) atoms. The van der Waals surface area contributed by atoms with Gasteiger partial charge in [-0.2, -0.15) is 0 Å². The maximum Gasteiger partial charge on any atom is 0.322 e. The number of hydrogen-bond donors (Lipinski definition) is 2. The number of carbonyl (C=O) groups is 2. The number of hydrogen-bond acceptors (Lipinski definition) is 2. The first-order valence-electron chi connectivity index (χ1n) is 5.12. The molecule has 1 unspecified atom stereocenters. The lowest BCUT2D eigenvalue weighted by Gasteiger charge is -2.16. The van der Waals surface area contributed by atoms with Gasteiger partial charge in [0.05, 0.1) is 18.2 Å². The minimum absolute atomic E-state index is 0.0628. The van der Waals surface area contributed by atoms with E-state index in [-0.39, 0.29) is 18.5 Å². The predicted molar refractivity (Wildman–Crippen MR) is 66.1 cm³/mol. The van der Waals surface area contributed by atoms with Gasteiger partial charge in [0.25, 0.3) is 0 Å². The molecule has 1 aromatic carbocycles. The summed E-state index contributed by atoms with van der Waals surface area (Å²) in [6.45, 7) is 0.369. The Morgan fingerprint density at radius 2 is 2.24 bits per heavy atom. The van der Waals surface area contributed by atoms with Crippen LogP contribution in [-0.2, 0) is 4.79 Å². The van der Waals surface area contributed by atoms with Crippen molar-refractivity contribution < 1.29 is 14.7 Å². The van der Waals surface area contributed by atoms with Gasteiger partial charge in [-0.3, -0.25) is 9.69 Å². The van der Waals surface area contributed by atoms with Crippen molar-refractivity contribution in [1.29, 1.82) is 0 Å². The first kappa shape index (κ1) is 11.9. The fourth-order valence-corrected chi connectivity index (χ4v) is 2.31. The average molecular weight is 299 g/mol. The van der Waals surface area contributed by atoms with E-state index in [9.17, 15) is 9.59 Å². The quantitative estimate of drug-likeness (QED) is 0.894. The van der Waals surface area contributed by atoms with Crippen molar-refractivity contribution in [3.8, 4) is 0 Å². The number of rotatable bonds is 3. The number of nitrogens with one attached hydrogen (secondary N) is 1. The molecule has 0 radical (unpaired) electrons. The van der Waals surface area contributed by atoms with Crippen molar-refractivity contribution in [2.45, 2.75) is 12.5 Å². The van der Waals surface area contributed by atoms with E-state index in [0.717, 1.165) is 10.2 Å². The molecule has 1 heterocycles. The van der Waals surface area contributed by atoms with Crippen molar-refractivity contribution in [3.05, 3.63) is 28.7 Å². The summed E-state index contributed by atoms with van der Waals surface area (Å²) in [4.78, 5) is 23.9. The first-order valence-corrected chi connectivity index (χ1v) is 5.91. The zero-order chi connectivity index (χ0) is 12.4. The highest BCUT2D eigenvalue weighted by Gasteiger charge is 2.31. The summed E-state index contributed by atoms with van der Waals surface area (Å²) in [5, 5.41) is 11.3. The molecule has 1 aliphatic heterocycles. The Labute approximate surface area is 107 Å². The molecule has 0 aromatic heterocycles. The number of para-hydroxylation sites is 1. The lowest BCUT2D eigenvalue weighted by Crippen LogP contribution is -2.29. The molecule has 90 valence electrons. The third-order valence-electron chi connectivity index (χ3n) is 2.54. The number of anilines is 1. The second-order valence-corrected chi connectivity index (χ2v) is 4.66. The van der Waals surface area contributed by atoms with Crippen LogP contribution in [0.4, 0.5) is 10.5 Å². The van der Waals surface area contributed by atoms with Gasteiger partial charge < -0.3 is 10.4 Å². The lowest BCUT2D eigenvalue weighted by atomic mass is 10.2. The highest BCUT2D eigenvalue weighted by Crippen LogP contribution is 2.27. The molecule has 1 fully saturated rings. The number of aliphatic carboxylic acids is 1. The standard InChI is InChI=1S/C11H11BrN2O3/c12-8-3-1-2-4-9(8)14-6-7(5-10(15)16)13-11(14)17/h1-4,7H,5-6H2,(H,13,17)(H,15,16). The van der Waals surface area contributed by atoms with Crippen LogP contribution in [0.3, 0.4) is 0 Å². The summed E-state index contributed by atoms with van der Waals surface area (Å²) in [5.41, 5.74) is 0.748. The maximum atomic E-state index is 11.7. The minimum Gasteiger partial charge on any atom is -0.481 e. The van der Waals surface area contributed by atoms with Crippen LogP contribution in [0.25, 0.3) is 0 Å². The van der Waals surface area contributed by atoms with Crippen LogP contribution < -0.4 is 10.2 Å². The third kappa shape index (κ3) is 2.58. The Bertz CT molecular complexity index is 464. The van der Waals surface area contributed by atoms with Crippen LogP contribution in [-0.4, -0.2) is 29.7 Å². The molecule has 1 saturated heterocycles. The van der Waals surface area contributed by atoms with E-state index < -0.39 is 5.97 Å². The van der Waals surface area contributed by atoms with E-state index >= 15 is 0 Å². The molecule has 2 amide bonds. The van der Waals surface area contributed by atoms with Gasteiger partial charge >= 0.3 is 12.0 Å². The van der Waals surface area contributed by atoms with Crippen LogP contribution in [0.5, 0.6) is 0 Å². The number of carboxylic acids is 1. The largest absolute Gasteiger partial charge is 0.481 e. The first-order chi connectivity index (χ1) is 8.08. The zero-order valence-electron chi connectivity index (χ0n) is 8.89. The van der Waals surface area contributed by atoms with E-state index in [1.54, 1.807) is 0 Å². The lowest BCUT2D eigenvalue weighted by molar-refractivity contribution is -0.137. The highest BCUT2D eigenvalue weighted by atomic mass is 79.9. The summed E-state index contributed by atoms with van der Waals surface area (Å²) in [6, 6.07) is 6.74. The van der Waals surface area contributed by atoms with Crippen LogP contribution in [0.1, 0.15) is 6.42 Å². The van der Waals surface area contributed by atoms with Gasteiger partial charge in [-0.15, -0.1) is 0 Å². The number of carboxylic acid groups (broad SMARTS) is 1. The summed E-state index contributed by atoms with van der Waals surface area (Å²) < 4.78 is 0.811. The SMILES string of the molecule is O=C(O)CC1CN(c2ccccc2Br)C(=O)N1. The number of nitrogens with zero attached hydrogens (tertiary/aromatic N) is 1. The van der Waals surface area contributed by atoms with Crippen LogP contribution in [0, 0.1) is 0 Å². The Morgan fingerprint density at radius 3 is 2.88 bits per heavy atom. The summed E-state index contributed by atoms with van der Waals surface area (Å²) in [7, 11) is 0. The fraction of sp³-hybridized carbons (Fsp3) is 0.273. The number of benzene rings is 1. The number of carbonyl (C=O) groups excluding carboxylic acids is 1. The monoisotopic (exact) mass is 298 g/mol. The number of amides is 2. The average Bonchev–Trinajstić information content (AvgIpc) is 2.59. The van der Waals surface area contributed by atoms with E-state index in [1.165, 1.54) is 4.90 Å². The molecule has 5 nitrogen and oxygen atoms in total. The summed E-state index contributed by atoms with van der Waals surface area (Å²) in [6.07, 6.45) is -0.0628. The van der Waals surface area contributed by atoms with Crippen LogP contribution in [0.15, 0.2) is 28.7 Å². The number of urea groups is 1. The van der Waals surface area contributed by atoms with Crippen molar-refractivity contribution in [3.63, 3.8) is 0 Å². The molecule has 0 saturated carbocycles. The Morgan fingerprint density at radius 1 is 1.53 bits per heavy atom. The van der Waals surface area contributed by atoms with Gasteiger partial charge in [0.15, 0.2) is 0 Å². The molecular weight excluding hydrogens is 288 g/mol. The van der Waals surface area contributed by atoms with Gasteiger partial charge in [-0.25, -0.2) is 4.79 Å². The Hall–Kier alpha value is -1.56. The normalized spacial score (nSPS) is 19.2. The fourth-order valence-electron chi connectivity index (χ4n) is 1.81. The van der Waals surface area contributed by atoms with Crippen LogP contribution >= 0.6 is 15.9 Å². The molecule has 1 atom stereocenters. The molecule has 1 aromatic rings. The van der Waals surface area contributed by atoms with Crippen molar-refractivity contribution >= 4 is 33.6 Å². The minimum atomic E-state index is -0.913. The summed E-state index contributed by atoms with van der Waals surface area (Å²) in [5.74, 6) is -0.913. The number of halogens is 1. The molecule has 0 aliphatic carbocycles. The second kappa shape index (κ2) is 4.75. The zero-order valence-corrected chi connectivity index (χ0v) is 10.5. The topological polar surface area (TPSA) is 69.6 Å². The van der Waals surface area contributed by atoms with Gasteiger partial charge in [0.1, 0.15) is 0 Å². The molecule has 2 rings (SSSR count). The maximum absolute atomic E-state index is 11.7. The second-order valence-electron chi connectivity index (χ2n) is 3.81. The van der Waals surface area contributed by atoms with Crippen molar-refractivity contribution in [2.24, 2.45) is 0 Å². The third-order valence-corrected chi connectivity index (χ3v) is 3.21. The van der Waals surface area contributed by atoms with Gasteiger partial charge in [-0.05, 0) is 28.1 Å². The molecule has 0 spiro atoms. The van der Waals surface area contributed by atoms with Gasteiger partial charge in [0, 0.05) is 11.0 Å². The van der Waals surface area contributed by atoms with Gasteiger partial charge in [0.2, 0.25) is 0 Å². The van der Waals surface area contributed by atoms with E-state index in [2.05, 4.69) is 21.2 Å². The molecule has 6 heteroatoms. The van der Waals surface area contributed by atoms with Crippen LogP contribution in [0.2, 0.25) is 0 Å². The van der Waals surface area contributed by atoms with E-state index in [1.807, 2.05) is 24.3 Å². The Balaban J connectivity index is 2.16. The highest BCUT2D eigenvalue weighted by molar-refractivity contribution is 9.10. The molecule has 0 bridgehead atoms. The Kier molecular flexibility index (Phi) is 3.33. The van der Waals surface area contributed by atoms with E-state index in [0.29, 0.717) is 6.54 Å². The smallest absolute Gasteiger partial charge is 0.322 e.